The van der Waals surface area contributed by atoms with Crippen LogP contribution in [0.3, 0.4) is 0 Å². The first-order valence-corrected chi connectivity index (χ1v) is 12.3. The summed E-state index contributed by atoms with van der Waals surface area (Å²) in [6, 6.07) is 9.98. The van der Waals surface area contributed by atoms with Gasteiger partial charge in [0, 0.05) is 19.6 Å². The fraction of sp³-hybridized carbons (Fsp3) is 0.591. The molecule has 0 radical (unpaired) electrons. The highest BCUT2D eigenvalue weighted by molar-refractivity contribution is 7.91. The monoisotopic (exact) mass is 418 g/mol. The van der Waals surface area contributed by atoms with Crippen molar-refractivity contribution >= 4 is 9.84 Å². The summed E-state index contributed by atoms with van der Waals surface area (Å²) in [4.78, 5) is 9.15. The van der Waals surface area contributed by atoms with E-state index in [1.54, 1.807) is 13.1 Å². The van der Waals surface area contributed by atoms with Crippen LogP contribution in [0.25, 0.3) is 0 Å². The fourth-order valence-electron chi connectivity index (χ4n) is 4.20. The van der Waals surface area contributed by atoms with Gasteiger partial charge >= 0.3 is 0 Å². The minimum absolute atomic E-state index is 0.0585. The topological polar surface area (TPSA) is 58.4 Å². The second-order valence-corrected chi connectivity index (χ2v) is 10.3. The molecule has 3 rings (SSSR count). The zero-order chi connectivity index (χ0) is 20.9. The maximum Gasteiger partial charge on any atom is 0.228 e. The van der Waals surface area contributed by atoms with Crippen LogP contribution in [0.15, 0.2) is 41.7 Å². The van der Waals surface area contributed by atoms with E-state index in [1.807, 2.05) is 34.9 Å². The van der Waals surface area contributed by atoms with Gasteiger partial charge in [0.25, 0.3) is 0 Å². The van der Waals surface area contributed by atoms with Crippen LogP contribution < -0.4 is 0 Å². The van der Waals surface area contributed by atoms with Crippen molar-refractivity contribution in [1.82, 2.24) is 19.4 Å². The number of rotatable bonds is 9. The lowest BCUT2D eigenvalue weighted by molar-refractivity contribution is 0.145. The van der Waals surface area contributed by atoms with E-state index in [9.17, 15) is 8.42 Å². The molecular weight excluding hydrogens is 384 g/mol. The van der Waals surface area contributed by atoms with Crippen molar-refractivity contribution < 1.29 is 8.42 Å². The molecule has 1 aliphatic rings. The molecular formula is C22H34N4O2S. The fourth-order valence-corrected chi connectivity index (χ4v) is 5.19. The first kappa shape index (κ1) is 22.0. The number of sulfone groups is 1. The van der Waals surface area contributed by atoms with E-state index in [1.165, 1.54) is 19.4 Å². The van der Waals surface area contributed by atoms with Gasteiger partial charge in [-0.05, 0) is 44.5 Å². The normalized spacial score (nSPS) is 18.4. The molecule has 0 unspecified atom stereocenters. The lowest BCUT2D eigenvalue weighted by Crippen LogP contribution is -2.39. The standard InChI is InChI=1S/C22H34N4O2S/c1-4-25-13-9-12-20(16-25)15-24(3)18-21-14-23-22(29(27,28)5-2)26(21)17-19-10-7-6-8-11-19/h6-8,10-11,14,20H,4-5,9,12-13,15-18H2,1-3H3/t20-/m0/s1. The van der Waals surface area contributed by atoms with Gasteiger partial charge in [0.05, 0.1) is 24.2 Å². The molecule has 2 heterocycles. The van der Waals surface area contributed by atoms with Crippen molar-refractivity contribution in [3.8, 4) is 0 Å². The maximum atomic E-state index is 12.6. The van der Waals surface area contributed by atoms with E-state index in [0.29, 0.717) is 19.0 Å². The van der Waals surface area contributed by atoms with Gasteiger partial charge in [0.15, 0.2) is 0 Å². The van der Waals surface area contributed by atoms with Crippen molar-refractivity contribution in [3.05, 3.63) is 47.8 Å². The van der Waals surface area contributed by atoms with Gasteiger partial charge in [-0.1, -0.05) is 44.2 Å². The summed E-state index contributed by atoms with van der Waals surface area (Å²) in [7, 11) is -1.25. The number of aromatic nitrogens is 2. The highest BCUT2D eigenvalue weighted by Crippen LogP contribution is 2.20. The number of hydrogen-bond donors (Lipinski definition) is 0. The predicted molar refractivity (Wildman–Crippen MR) is 117 cm³/mol. The molecule has 0 N–H and O–H groups in total. The number of imidazole rings is 1. The van der Waals surface area contributed by atoms with E-state index in [-0.39, 0.29) is 10.9 Å². The molecule has 0 saturated carbocycles. The number of piperidine rings is 1. The summed E-state index contributed by atoms with van der Waals surface area (Å²) in [6.45, 7) is 9.60. The highest BCUT2D eigenvalue weighted by Gasteiger charge is 2.24. The number of hydrogen-bond acceptors (Lipinski definition) is 5. The first-order valence-electron chi connectivity index (χ1n) is 10.6. The Balaban J connectivity index is 1.77. The largest absolute Gasteiger partial charge is 0.313 e. The molecule has 1 aliphatic heterocycles. The van der Waals surface area contributed by atoms with Crippen molar-refractivity contribution in [2.24, 2.45) is 5.92 Å². The van der Waals surface area contributed by atoms with Gasteiger partial charge in [-0.2, -0.15) is 0 Å². The van der Waals surface area contributed by atoms with Crippen LogP contribution in [0.5, 0.6) is 0 Å². The molecule has 1 atom stereocenters. The Bertz CT molecular complexity index is 879. The van der Waals surface area contributed by atoms with Crippen LogP contribution >= 0.6 is 0 Å². The minimum atomic E-state index is -3.38. The van der Waals surface area contributed by atoms with Crippen LogP contribution in [0.1, 0.15) is 37.9 Å². The lowest BCUT2D eigenvalue weighted by Gasteiger charge is -2.34. The quantitative estimate of drug-likeness (QED) is 0.627. The van der Waals surface area contributed by atoms with Crippen LogP contribution in [0, 0.1) is 5.92 Å². The molecule has 0 spiro atoms. The van der Waals surface area contributed by atoms with Crippen molar-refractivity contribution in [2.45, 2.75) is 44.9 Å². The van der Waals surface area contributed by atoms with Crippen LogP contribution in [0.2, 0.25) is 0 Å². The molecule has 1 aromatic heterocycles. The molecule has 1 aromatic carbocycles. The van der Waals surface area contributed by atoms with E-state index < -0.39 is 9.84 Å². The zero-order valence-corrected chi connectivity index (χ0v) is 18.7. The smallest absolute Gasteiger partial charge is 0.228 e. The summed E-state index contributed by atoms with van der Waals surface area (Å²) in [5, 5.41) is 0.182. The Morgan fingerprint density at radius 2 is 1.97 bits per heavy atom. The summed E-state index contributed by atoms with van der Waals surface area (Å²) >= 11 is 0. The Hall–Kier alpha value is -1.70. The summed E-state index contributed by atoms with van der Waals surface area (Å²) in [5.41, 5.74) is 2.03. The van der Waals surface area contributed by atoms with Crippen LogP contribution in [-0.4, -0.2) is 66.7 Å². The average molecular weight is 419 g/mol. The predicted octanol–water partition coefficient (Wildman–Crippen LogP) is 2.89. The Labute approximate surface area is 175 Å². The summed E-state index contributed by atoms with van der Waals surface area (Å²) < 4.78 is 27.1. The molecule has 1 fully saturated rings. The van der Waals surface area contributed by atoms with Gasteiger partial charge in [-0.15, -0.1) is 0 Å². The van der Waals surface area contributed by atoms with Crippen LogP contribution in [-0.2, 0) is 22.9 Å². The highest BCUT2D eigenvalue weighted by atomic mass is 32.2. The molecule has 6 nitrogen and oxygen atoms in total. The van der Waals surface area contributed by atoms with E-state index in [4.69, 9.17) is 0 Å². The third-order valence-electron chi connectivity index (χ3n) is 5.80. The zero-order valence-electron chi connectivity index (χ0n) is 17.9. The van der Waals surface area contributed by atoms with Gasteiger partial charge in [-0.25, -0.2) is 13.4 Å². The molecule has 7 heteroatoms. The first-order chi connectivity index (χ1) is 13.9. The molecule has 2 aromatic rings. The minimum Gasteiger partial charge on any atom is -0.313 e. The van der Waals surface area contributed by atoms with E-state index in [2.05, 4.69) is 28.8 Å². The SMILES string of the molecule is CCN1CCC[C@@H](CN(C)Cc2cnc(S(=O)(=O)CC)n2Cc2ccccc2)C1. The number of benzene rings is 1. The second kappa shape index (κ2) is 9.87. The molecule has 0 aliphatic carbocycles. The summed E-state index contributed by atoms with van der Waals surface area (Å²) in [5.74, 6) is 0.723. The molecule has 1 saturated heterocycles. The summed E-state index contributed by atoms with van der Waals surface area (Å²) in [6.07, 6.45) is 4.26. The molecule has 0 amide bonds. The van der Waals surface area contributed by atoms with Gasteiger partial charge in [0.2, 0.25) is 15.0 Å². The Kier molecular flexibility index (Phi) is 7.49. The van der Waals surface area contributed by atoms with Crippen molar-refractivity contribution in [1.29, 1.82) is 0 Å². The van der Waals surface area contributed by atoms with Crippen molar-refractivity contribution in [2.75, 3.05) is 39.0 Å². The third kappa shape index (κ3) is 5.68. The van der Waals surface area contributed by atoms with E-state index in [0.717, 1.165) is 30.9 Å². The molecule has 0 bridgehead atoms. The molecule has 160 valence electrons. The van der Waals surface area contributed by atoms with Gasteiger partial charge in [-0.3, -0.25) is 0 Å². The van der Waals surface area contributed by atoms with Crippen molar-refractivity contribution in [3.63, 3.8) is 0 Å². The Morgan fingerprint density at radius 3 is 2.66 bits per heavy atom. The number of nitrogens with zero attached hydrogens (tertiary/aromatic N) is 4. The molecule has 29 heavy (non-hydrogen) atoms. The Morgan fingerprint density at radius 1 is 1.21 bits per heavy atom. The van der Waals surface area contributed by atoms with E-state index >= 15 is 0 Å². The van der Waals surface area contributed by atoms with Crippen LogP contribution in [0.4, 0.5) is 0 Å². The van der Waals surface area contributed by atoms with Gasteiger partial charge in [0.1, 0.15) is 0 Å². The average Bonchev–Trinajstić information content (AvgIpc) is 3.11. The lowest BCUT2D eigenvalue weighted by atomic mass is 9.97. The number of likely N-dealkylation sites (tertiary alicyclic amines) is 1. The van der Waals surface area contributed by atoms with Gasteiger partial charge < -0.3 is 14.4 Å². The third-order valence-corrected chi connectivity index (χ3v) is 7.44. The second-order valence-electron chi connectivity index (χ2n) is 8.11. The maximum absolute atomic E-state index is 12.6.